The van der Waals surface area contributed by atoms with Crippen LogP contribution in [0.5, 0.6) is 0 Å². The highest BCUT2D eigenvalue weighted by molar-refractivity contribution is 6.31. The van der Waals surface area contributed by atoms with Gasteiger partial charge in [-0.1, -0.05) is 122 Å². The van der Waals surface area contributed by atoms with E-state index in [1.54, 1.807) is 0 Å². The first kappa shape index (κ1) is 39.3. The molecule has 3 nitrogen and oxygen atoms in total. The molecule has 244 valence electrons. The van der Waals surface area contributed by atoms with E-state index in [1.807, 2.05) is 33.9 Å². The number of allylic oxidation sites excluding steroid dienone is 2. The van der Waals surface area contributed by atoms with Gasteiger partial charge in [-0.25, -0.2) is 0 Å². The predicted octanol–water partition coefficient (Wildman–Crippen LogP) is 11.4. The van der Waals surface area contributed by atoms with Crippen LogP contribution in [0, 0.1) is 0 Å². The van der Waals surface area contributed by atoms with Crippen LogP contribution >= 0.6 is 11.6 Å². The number of aryl methyl sites for hydroxylation is 1. The van der Waals surface area contributed by atoms with Gasteiger partial charge in [0.25, 0.3) is 0 Å². The Labute approximate surface area is 275 Å². The summed E-state index contributed by atoms with van der Waals surface area (Å²) in [5.41, 5.74) is 8.86. The van der Waals surface area contributed by atoms with Crippen molar-refractivity contribution in [3.8, 4) is 0 Å². The number of benzene rings is 3. The molecule has 2 unspecified atom stereocenters. The van der Waals surface area contributed by atoms with E-state index in [2.05, 4.69) is 119 Å². The van der Waals surface area contributed by atoms with E-state index in [-0.39, 0.29) is 11.5 Å². The number of rotatable bonds is 14. The normalized spacial score (nSPS) is 12.5. The highest BCUT2D eigenvalue weighted by Crippen LogP contribution is 2.37. The van der Waals surface area contributed by atoms with Gasteiger partial charge in [0.2, 0.25) is 0 Å². The summed E-state index contributed by atoms with van der Waals surface area (Å²) in [5, 5.41) is 17.1. The molecule has 3 aromatic carbocycles. The number of nitrogens with one attached hydrogen (secondary N) is 2. The molecule has 0 saturated heterocycles. The monoisotopic (exact) mass is 620 g/mol. The lowest BCUT2D eigenvalue weighted by Gasteiger charge is -2.32. The average molecular weight is 621 g/mol. The van der Waals surface area contributed by atoms with E-state index in [0.29, 0.717) is 5.92 Å². The molecule has 0 aliphatic heterocycles. The predicted molar refractivity (Wildman–Crippen MR) is 198 cm³/mol. The zero-order valence-corrected chi connectivity index (χ0v) is 30.1. The van der Waals surface area contributed by atoms with Crippen molar-refractivity contribution in [3.05, 3.63) is 106 Å². The highest BCUT2D eigenvalue weighted by atomic mass is 35.5. The molecule has 4 heteroatoms. The van der Waals surface area contributed by atoms with Crippen molar-refractivity contribution < 1.29 is 5.11 Å². The van der Waals surface area contributed by atoms with Gasteiger partial charge in [-0.05, 0) is 97.0 Å². The number of hydrogen-bond donors (Lipinski definition) is 3. The molecule has 0 amide bonds. The zero-order chi connectivity index (χ0) is 33.1. The largest absolute Gasteiger partial charge is 0.393 e. The summed E-state index contributed by atoms with van der Waals surface area (Å²) in [6.07, 6.45) is 10.3. The van der Waals surface area contributed by atoms with Gasteiger partial charge in [0.05, 0.1) is 6.10 Å². The number of anilines is 2. The number of halogens is 1. The van der Waals surface area contributed by atoms with Crippen molar-refractivity contribution >= 4 is 23.0 Å². The van der Waals surface area contributed by atoms with Crippen LogP contribution in [0.1, 0.15) is 115 Å². The third kappa shape index (κ3) is 13.1. The van der Waals surface area contributed by atoms with Gasteiger partial charge in [0.15, 0.2) is 0 Å². The first-order chi connectivity index (χ1) is 21.1. The second kappa shape index (κ2) is 21.1. The molecule has 0 fully saturated rings. The maximum Gasteiger partial charge on any atom is 0.0552 e. The summed E-state index contributed by atoms with van der Waals surface area (Å²) in [7, 11) is 1.97. The van der Waals surface area contributed by atoms with Crippen LogP contribution in [0.15, 0.2) is 72.8 Å². The fourth-order valence-electron chi connectivity index (χ4n) is 5.23. The van der Waals surface area contributed by atoms with E-state index in [0.717, 1.165) is 55.8 Å². The lowest BCUT2D eigenvalue weighted by molar-refractivity contribution is 0.195. The molecule has 3 rings (SSSR count). The standard InChI is InChI=1S/C24H35ClN2.C14H20O.C2H6/c1-7-10-18-15-19(26-6)13-14-22(18)27-16-24(4,5)23-20(17(3)8-2)11-9-12-21(23)25;1-3-4-5-6-13-7-9-14(10-8-13)11-12(2)15;1-2/h9,11-15,17,26-27H,7-8,10,16H2,1-6H3;4-5,7-10,12,15H,3,6,11H2,1-2H3;1-2H3/b;5-4+;. The lowest BCUT2D eigenvalue weighted by atomic mass is 9.78. The molecule has 0 spiro atoms. The average Bonchev–Trinajstić information content (AvgIpc) is 3.02. The minimum absolute atomic E-state index is 0.0672. The van der Waals surface area contributed by atoms with Crippen LogP contribution < -0.4 is 10.6 Å². The van der Waals surface area contributed by atoms with Crippen LogP contribution in [0.2, 0.25) is 5.02 Å². The first-order valence-corrected chi connectivity index (χ1v) is 17.2. The van der Waals surface area contributed by atoms with E-state index >= 15 is 0 Å². The second-order valence-electron chi connectivity index (χ2n) is 12.1. The van der Waals surface area contributed by atoms with Gasteiger partial charge < -0.3 is 15.7 Å². The Balaban J connectivity index is 0.000000481. The van der Waals surface area contributed by atoms with Gasteiger partial charge in [0.1, 0.15) is 0 Å². The molecule has 3 N–H and O–H groups in total. The summed E-state index contributed by atoms with van der Waals surface area (Å²) < 4.78 is 0. The topological polar surface area (TPSA) is 44.3 Å². The van der Waals surface area contributed by atoms with Crippen molar-refractivity contribution in [2.24, 2.45) is 0 Å². The quantitative estimate of drug-likeness (QED) is 0.157. The van der Waals surface area contributed by atoms with Crippen LogP contribution in [-0.4, -0.2) is 24.8 Å². The van der Waals surface area contributed by atoms with Gasteiger partial charge in [-0.3, -0.25) is 0 Å². The molecule has 0 heterocycles. The van der Waals surface area contributed by atoms with Gasteiger partial charge in [-0.2, -0.15) is 0 Å². The van der Waals surface area contributed by atoms with Crippen molar-refractivity contribution in [1.29, 1.82) is 0 Å². The Hall–Kier alpha value is -2.75. The Morgan fingerprint density at radius 1 is 0.909 bits per heavy atom. The van der Waals surface area contributed by atoms with Gasteiger partial charge >= 0.3 is 0 Å². The maximum absolute atomic E-state index is 9.24. The molecular formula is C40H61ClN2O. The smallest absolute Gasteiger partial charge is 0.0552 e. The maximum atomic E-state index is 9.24. The SMILES string of the molecule is CC.CC/C=C/Cc1ccc(CC(C)O)cc1.CCCc1cc(NC)ccc1NCC(C)(C)c1c(Cl)cccc1C(C)CC. The van der Waals surface area contributed by atoms with Crippen molar-refractivity contribution in [2.45, 2.75) is 118 Å². The van der Waals surface area contributed by atoms with E-state index in [4.69, 9.17) is 11.6 Å². The molecule has 3 aromatic rings. The summed E-state index contributed by atoms with van der Waals surface area (Å²) in [6, 6.07) is 21.4. The van der Waals surface area contributed by atoms with Crippen LogP contribution in [0.25, 0.3) is 0 Å². The Bertz CT molecular complexity index is 1230. The van der Waals surface area contributed by atoms with Crippen LogP contribution in [0.4, 0.5) is 11.4 Å². The molecule has 0 bridgehead atoms. The lowest BCUT2D eigenvalue weighted by Crippen LogP contribution is -2.30. The minimum Gasteiger partial charge on any atom is -0.393 e. The van der Waals surface area contributed by atoms with E-state index < -0.39 is 0 Å². The van der Waals surface area contributed by atoms with Crippen LogP contribution in [-0.2, 0) is 24.7 Å². The number of hydrogen-bond acceptors (Lipinski definition) is 3. The molecular weight excluding hydrogens is 560 g/mol. The van der Waals surface area contributed by atoms with Gasteiger partial charge in [0, 0.05) is 35.4 Å². The van der Waals surface area contributed by atoms with E-state index in [1.165, 1.54) is 33.5 Å². The van der Waals surface area contributed by atoms with Crippen molar-refractivity contribution in [2.75, 3.05) is 24.2 Å². The zero-order valence-electron chi connectivity index (χ0n) is 29.4. The molecule has 0 radical (unpaired) electrons. The molecule has 0 aliphatic rings. The second-order valence-corrected chi connectivity index (χ2v) is 12.5. The third-order valence-corrected chi connectivity index (χ3v) is 8.12. The van der Waals surface area contributed by atoms with Crippen LogP contribution in [0.3, 0.4) is 0 Å². The van der Waals surface area contributed by atoms with Crippen molar-refractivity contribution in [1.82, 2.24) is 0 Å². The first-order valence-electron chi connectivity index (χ1n) is 16.8. The molecule has 0 aliphatic carbocycles. The molecule has 0 aromatic heterocycles. The molecule has 44 heavy (non-hydrogen) atoms. The Morgan fingerprint density at radius 2 is 1.57 bits per heavy atom. The summed E-state index contributed by atoms with van der Waals surface area (Å²) in [6.45, 7) is 20.1. The number of aliphatic hydroxyl groups excluding tert-OH is 1. The number of aliphatic hydroxyl groups is 1. The minimum atomic E-state index is -0.254. The fourth-order valence-corrected chi connectivity index (χ4v) is 5.66. The van der Waals surface area contributed by atoms with Crippen molar-refractivity contribution in [3.63, 3.8) is 0 Å². The highest BCUT2D eigenvalue weighted by Gasteiger charge is 2.28. The Morgan fingerprint density at radius 3 is 2.14 bits per heavy atom. The third-order valence-electron chi connectivity index (χ3n) is 7.81. The fraction of sp³-hybridized carbons (Fsp3) is 0.500. The summed E-state index contributed by atoms with van der Waals surface area (Å²) in [4.78, 5) is 0. The molecule has 2 atom stereocenters. The summed E-state index contributed by atoms with van der Waals surface area (Å²) in [5.74, 6) is 0.503. The Kier molecular flexibility index (Phi) is 18.8. The molecule has 0 saturated carbocycles. The summed E-state index contributed by atoms with van der Waals surface area (Å²) >= 11 is 6.68. The van der Waals surface area contributed by atoms with E-state index in [9.17, 15) is 5.11 Å². The van der Waals surface area contributed by atoms with Gasteiger partial charge in [-0.15, -0.1) is 0 Å².